The van der Waals surface area contributed by atoms with Crippen LogP contribution in [0, 0.1) is 0 Å². The second-order valence-corrected chi connectivity index (χ2v) is 3.95. The molecule has 0 aliphatic carbocycles. The van der Waals surface area contributed by atoms with Crippen molar-refractivity contribution in [1.29, 1.82) is 0 Å². The molecule has 0 aliphatic heterocycles. The molecule has 6 heteroatoms. The van der Waals surface area contributed by atoms with Crippen molar-refractivity contribution in [3.05, 3.63) is 30.2 Å². The van der Waals surface area contributed by atoms with Crippen molar-refractivity contribution in [2.45, 2.75) is 26.2 Å². The molecule has 0 aromatic carbocycles. The van der Waals surface area contributed by atoms with Crippen molar-refractivity contribution in [3.8, 4) is 0 Å². The van der Waals surface area contributed by atoms with E-state index in [1.807, 2.05) is 13.8 Å². The van der Waals surface area contributed by atoms with Crippen LogP contribution in [-0.2, 0) is 6.42 Å². The average Bonchev–Trinajstić information content (AvgIpc) is 2.79. The summed E-state index contributed by atoms with van der Waals surface area (Å²) in [5.41, 5.74) is 0. The van der Waals surface area contributed by atoms with E-state index in [0.29, 0.717) is 24.8 Å². The molecule has 1 N–H and O–H groups in total. The Morgan fingerprint density at radius 1 is 1.29 bits per heavy atom. The standard InChI is InChI=1S/C11H15N5O/c1-8(2)10-15-9(17-16-10)4-7-14-11-12-5-3-6-13-11/h3,5-6,8H,4,7H2,1-2H3,(H,12,13,14). The Labute approximate surface area is 99.5 Å². The first-order chi connectivity index (χ1) is 8.25. The van der Waals surface area contributed by atoms with Gasteiger partial charge in [0, 0.05) is 31.3 Å². The minimum Gasteiger partial charge on any atom is -0.354 e. The first-order valence-corrected chi connectivity index (χ1v) is 5.59. The molecule has 0 spiro atoms. The van der Waals surface area contributed by atoms with Gasteiger partial charge in [0.25, 0.3) is 0 Å². The third-order valence-electron chi connectivity index (χ3n) is 2.19. The van der Waals surface area contributed by atoms with Gasteiger partial charge in [-0.05, 0) is 6.07 Å². The summed E-state index contributed by atoms with van der Waals surface area (Å²) >= 11 is 0. The lowest BCUT2D eigenvalue weighted by Gasteiger charge is -2.00. The van der Waals surface area contributed by atoms with Crippen LogP contribution >= 0.6 is 0 Å². The number of rotatable bonds is 5. The largest absolute Gasteiger partial charge is 0.354 e. The molecule has 6 nitrogen and oxygen atoms in total. The highest BCUT2D eigenvalue weighted by Gasteiger charge is 2.08. The topological polar surface area (TPSA) is 76.7 Å². The van der Waals surface area contributed by atoms with Gasteiger partial charge in [-0.2, -0.15) is 4.98 Å². The predicted molar refractivity (Wildman–Crippen MR) is 62.6 cm³/mol. The van der Waals surface area contributed by atoms with Crippen LogP contribution in [0.1, 0.15) is 31.5 Å². The normalized spacial score (nSPS) is 10.8. The minimum absolute atomic E-state index is 0.290. The van der Waals surface area contributed by atoms with Crippen LogP contribution in [-0.4, -0.2) is 26.7 Å². The molecule has 2 rings (SSSR count). The molecule has 0 amide bonds. The number of nitrogens with zero attached hydrogens (tertiary/aromatic N) is 4. The average molecular weight is 233 g/mol. The third kappa shape index (κ3) is 3.24. The smallest absolute Gasteiger partial charge is 0.228 e. The van der Waals surface area contributed by atoms with E-state index >= 15 is 0 Å². The lowest BCUT2D eigenvalue weighted by molar-refractivity contribution is 0.373. The fourth-order valence-electron chi connectivity index (χ4n) is 1.28. The quantitative estimate of drug-likeness (QED) is 0.845. The number of hydrogen-bond donors (Lipinski definition) is 1. The maximum absolute atomic E-state index is 5.12. The van der Waals surface area contributed by atoms with E-state index in [1.165, 1.54) is 0 Å². The van der Waals surface area contributed by atoms with E-state index in [2.05, 4.69) is 25.4 Å². The van der Waals surface area contributed by atoms with E-state index < -0.39 is 0 Å². The third-order valence-corrected chi connectivity index (χ3v) is 2.19. The molecule has 90 valence electrons. The zero-order valence-electron chi connectivity index (χ0n) is 9.92. The zero-order chi connectivity index (χ0) is 12.1. The SMILES string of the molecule is CC(C)c1noc(CCNc2ncccn2)n1. The van der Waals surface area contributed by atoms with E-state index in [0.717, 1.165) is 5.82 Å². The van der Waals surface area contributed by atoms with Gasteiger partial charge >= 0.3 is 0 Å². The Hall–Kier alpha value is -1.98. The van der Waals surface area contributed by atoms with Crippen molar-refractivity contribution in [2.75, 3.05) is 11.9 Å². The Kier molecular flexibility index (Phi) is 3.64. The molecule has 2 aromatic heterocycles. The summed E-state index contributed by atoms with van der Waals surface area (Å²) in [4.78, 5) is 12.4. The highest BCUT2D eigenvalue weighted by Crippen LogP contribution is 2.09. The van der Waals surface area contributed by atoms with Crippen molar-refractivity contribution in [2.24, 2.45) is 0 Å². The van der Waals surface area contributed by atoms with Crippen molar-refractivity contribution in [1.82, 2.24) is 20.1 Å². The number of nitrogens with one attached hydrogen (secondary N) is 1. The summed E-state index contributed by atoms with van der Waals surface area (Å²) < 4.78 is 5.12. The van der Waals surface area contributed by atoms with Crippen LogP contribution in [0.3, 0.4) is 0 Å². The van der Waals surface area contributed by atoms with Crippen LogP contribution in [0.15, 0.2) is 23.0 Å². The number of hydrogen-bond acceptors (Lipinski definition) is 6. The maximum Gasteiger partial charge on any atom is 0.228 e. The Morgan fingerprint density at radius 3 is 2.71 bits per heavy atom. The van der Waals surface area contributed by atoms with Crippen LogP contribution in [0.25, 0.3) is 0 Å². The molecule has 0 unspecified atom stereocenters. The summed E-state index contributed by atoms with van der Waals surface area (Å²) in [6.45, 7) is 4.74. The molecule has 0 atom stereocenters. The van der Waals surface area contributed by atoms with E-state index in [4.69, 9.17) is 4.52 Å². The summed E-state index contributed by atoms with van der Waals surface area (Å²) in [6.07, 6.45) is 4.05. The second-order valence-electron chi connectivity index (χ2n) is 3.95. The van der Waals surface area contributed by atoms with E-state index in [-0.39, 0.29) is 5.92 Å². The summed E-state index contributed by atoms with van der Waals surface area (Å²) in [7, 11) is 0. The fourth-order valence-corrected chi connectivity index (χ4v) is 1.28. The van der Waals surface area contributed by atoms with Gasteiger partial charge < -0.3 is 9.84 Å². The number of anilines is 1. The molecule has 0 radical (unpaired) electrons. The maximum atomic E-state index is 5.12. The van der Waals surface area contributed by atoms with Crippen LogP contribution < -0.4 is 5.32 Å². The molecule has 2 heterocycles. The Bertz CT molecular complexity index is 454. The molecule has 0 saturated carbocycles. The van der Waals surface area contributed by atoms with Gasteiger partial charge in [0.1, 0.15) is 0 Å². The van der Waals surface area contributed by atoms with Gasteiger partial charge in [-0.25, -0.2) is 9.97 Å². The van der Waals surface area contributed by atoms with Crippen molar-refractivity contribution >= 4 is 5.95 Å². The minimum atomic E-state index is 0.290. The van der Waals surface area contributed by atoms with Gasteiger partial charge in [-0.3, -0.25) is 0 Å². The molecule has 2 aromatic rings. The Balaban J connectivity index is 1.82. The van der Waals surface area contributed by atoms with Crippen LogP contribution in [0.4, 0.5) is 5.95 Å². The van der Waals surface area contributed by atoms with Crippen LogP contribution in [0.2, 0.25) is 0 Å². The first-order valence-electron chi connectivity index (χ1n) is 5.59. The van der Waals surface area contributed by atoms with Crippen molar-refractivity contribution < 1.29 is 4.52 Å². The van der Waals surface area contributed by atoms with Crippen LogP contribution in [0.5, 0.6) is 0 Å². The fraction of sp³-hybridized carbons (Fsp3) is 0.455. The van der Waals surface area contributed by atoms with Gasteiger partial charge in [0.2, 0.25) is 11.8 Å². The van der Waals surface area contributed by atoms with Crippen molar-refractivity contribution in [3.63, 3.8) is 0 Å². The lowest BCUT2D eigenvalue weighted by atomic mass is 10.2. The Morgan fingerprint density at radius 2 is 2.06 bits per heavy atom. The molecule has 0 bridgehead atoms. The summed E-state index contributed by atoms with van der Waals surface area (Å²) in [6, 6.07) is 1.78. The monoisotopic (exact) mass is 233 g/mol. The predicted octanol–water partition coefficient (Wildman–Crippen LogP) is 1.64. The molecule has 0 saturated heterocycles. The van der Waals surface area contributed by atoms with E-state index in [1.54, 1.807) is 18.5 Å². The summed E-state index contributed by atoms with van der Waals surface area (Å²) in [5.74, 6) is 2.28. The van der Waals surface area contributed by atoms with Gasteiger partial charge in [-0.15, -0.1) is 0 Å². The van der Waals surface area contributed by atoms with Gasteiger partial charge in [0.05, 0.1) is 0 Å². The van der Waals surface area contributed by atoms with Gasteiger partial charge in [0.15, 0.2) is 5.82 Å². The second kappa shape index (κ2) is 5.38. The highest BCUT2D eigenvalue weighted by molar-refractivity contribution is 5.21. The molecular weight excluding hydrogens is 218 g/mol. The molecule has 0 aliphatic rings. The highest BCUT2D eigenvalue weighted by atomic mass is 16.5. The zero-order valence-corrected chi connectivity index (χ0v) is 9.92. The molecule has 0 fully saturated rings. The molecule has 17 heavy (non-hydrogen) atoms. The lowest BCUT2D eigenvalue weighted by Crippen LogP contribution is -2.07. The summed E-state index contributed by atoms with van der Waals surface area (Å²) in [5, 5.41) is 6.98. The van der Waals surface area contributed by atoms with Gasteiger partial charge in [-0.1, -0.05) is 19.0 Å². The van der Waals surface area contributed by atoms with E-state index in [9.17, 15) is 0 Å². The first kappa shape index (κ1) is 11.5. The molecular formula is C11H15N5O. The number of aromatic nitrogens is 4.